The number of methoxy groups -OCH3 is 1. The standard InChI is InChI=1S/C19H19ClN2O4/c1-24-11-14-3-5-17(25-14)19(23)22-8-6-12(7-9-22)18-21-15-10-13(20)2-4-16(15)26-18/h2-5,10,12H,6-9,11H2,1H3. The van der Waals surface area contributed by atoms with Crippen molar-refractivity contribution in [1.82, 2.24) is 9.88 Å². The average Bonchev–Trinajstić information content (AvgIpc) is 3.28. The second-order valence-electron chi connectivity index (χ2n) is 6.43. The van der Waals surface area contributed by atoms with E-state index in [1.807, 2.05) is 11.0 Å². The van der Waals surface area contributed by atoms with Gasteiger partial charge in [0.1, 0.15) is 17.9 Å². The van der Waals surface area contributed by atoms with Gasteiger partial charge in [-0.25, -0.2) is 4.98 Å². The third kappa shape index (κ3) is 3.34. The number of likely N-dealkylation sites (tertiary alicyclic amines) is 1. The van der Waals surface area contributed by atoms with Crippen LogP contribution in [0.4, 0.5) is 0 Å². The Hall–Kier alpha value is -2.31. The molecule has 6 nitrogen and oxygen atoms in total. The molecule has 0 N–H and O–H groups in total. The molecular weight excluding hydrogens is 356 g/mol. The summed E-state index contributed by atoms with van der Waals surface area (Å²) in [5, 5.41) is 0.643. The van der Waals surface area contributed by atoms with Gasteiger partial charge in [-0.15, -0.1) is 0 Å². The number of carbonyl (C=O) groups is 1. The number of hydrogen-bond donors (Lipinski definition) is 0. The fourth-order valence-corrected chi connectivity index (χ4v) is 3.46. The summed E-state index contributed by atoms with van der Waals surface area (Å²) in [5.41, 5.74) is 1.51. The number of benzene rings is 1. The van der Waals surface area contributed by atoms with Gasteiger partial charge in [0.15, 0.2) is 17.2 Å². The van der Waals surface area contributed by atoms with Gasteiger partial charge in [-0.1, -0.05) is 11.6 Å². The van der Waals surface area contributed by atoms with Crippen molar-refractivity contribution in [2.24, 2.45) is 0 Å². The van der Waals surface area contributed by atoms with Crippen LogP contribution in [0.2, 0.25) is 5.02 Å². The van der Waals surface area contributed by atoms with Crippen LogP contribution in [0.25, 0.3) is 11.1 Å². The molecule has 1 aliphatic heterocycles. The lowest BCUT2D eigenvalue weighted by Crippen LogP contribution is -2.37. The lowest BCUT2D eigenvalue weighted by molar-refractivity contribution is 0.0667. The molecule has 0 saturated carbocycles. The van der Waals surface area contributed by atoms with Gasteiger partial charge in [0.05, 0.1) is 0 Å². The number of hydrogen-bond acceptors (Lipinski definition) is 5. The van der Waals surface area contributed by atoms with Gasteiger partial charge in [-0.2, -0.15) is 0 Å². The maximum absolute atomic E-state index is 12.6. The van der Waals surface area contributed by atoms with E-state index in [4.69, 9.17) is 25.2 Å². The predicted octanol–water partition coefficient (Wildman–Crippen LogP) is 4.24. The lowest BCUT2D eigenvalue weighted by atomic mass is 9.96. The smallest absolute Gasteiger partial charge is 0.289 e. The largest absolute Gasteiger partial charge is 0.453 e. The van der Waals surface area contributed by atoms with E-state index in [0.717, 1.165) is 29.8 Å². The fraction of sp³-hybridized carbons (Fsp3) is 0.368. The number of carbonyl (C=O) groups excluding carboxylic acids is 1. The monoisotopic (exact) mass is 374 g/mol. The molecule has 0 unspecified atom stereocenters. The molecule has 3 heterocycles. The van der Waals surface area contributed by atoms with Gasteiger partial charge in [-0.05, 0) is 43.2 Å². The molecule has 26 heavy (non-hydrogen) atoms. The molecule has 0 radical (unpaired) electrons. The van der Waals surface area contributed by atoms with Gasteiger partial charge in [0.2, 0.25) is 0 Å². The molecule has 1 amide bonds. The van der Waals surface area contributed by atoms with Crippen molar-refractivity contribution in [3.63, 3.8) is 0 Å². The first-order chi connectivity index (χ1) is 12.6. The van der Waals surface area contributed by atoms with E-state index in [1.165, 1.54) is 0 Å². The highest BCUT2D eigenvalue weighted by Crippen LogP contribution is 2.31. The minimum atomic E-state index is -0.0878. The molecule has 3 aromatic rings. The first kappa shape index (κ1) is 17.1. The SMILES string of the molecule is COCc1ccc(C(=O)N2CCC(c3nc4cc(Cl)ccc4o3)CC2)o1. The van der Waals surface area contributed by atoms with E-state index in [2.05, 4.69) is 4.98 Å². The molecule has 1 aliphatic rings. The first-order valence-corrected chi connectivity index (χ1v) is 8.95. The van der Waals surface area contributed by atoms with Crippen molar-refractivity contribution in [2.75, 3.05) is 20.2 Å². The Kier molecular flexibility index (Phi) is 4.70. The Labute approximate surface area is 155 Å². The summed E-state index contributed by atoms with van der Waals surface area (Å²) in [5.74, 6) is 1.83. The molecule has 1 saturated heterocycles. The summed E-state index contributed by atoms with van der Waals surface area (Å²) in [4.78, 5) is 18.9. The summed E-state index contributed by atoms with van der Waals surface area (Å²) >= 11 is 6.00. The fourth-order valence-electron chi connectivity index (χ4n) is 3.29. The number of amides is 1. The van der Waals surface area contributed by atoms with Crippen molar-refractivity contribution in [2.45, 2.75) is 25.4 Å². The molecule has 7 heteroatoms. The van der Waals surface area contributed by atoms with Crippen LogP contribution < -0.4 is 0 Å². The van der Waals surface area contributed by atoms with Gasteiger partial charge in [0.25, 0.3) is 5.91 Å². The van der Waals surface area contributed by atoms with Crippen molar-refractivity contribution in [3.05, 3.63) is 52.8 Å². The molecule has 1 aromatic carbocycles. The molecule has 4 rings (SSSR count). The van der Waals surface area contributed by atoms with Crippen LogP contribution in [0.1, 0.15) is 41.0 Å². The third-order valence-corrected chi connectivity index (χ3v) is 4.89. The summed E-state index contributed by atoms with van der Waals surface area (Å²) in [6.45, 7) is 1.64. The van der Waals surface area contributed by atoms with Crippen LogP contribution in [0.3, 0.4) is 0 Å². The van der Waals surface area contributed by atoms with Crippen LogP contribution in [0, 0.1) is 0 Å². The Balaban J connectivity index is 1.41. The van der Waals surface area contributed by atoms with Crippen LogP contribution in [-0.4, -0.2) is 36.0 Å². The maximum atomic E-state index is 12.6. The molecule has 2 aromatic heterocycles. The normalized spacial score (nSPS) is 15.7. The van der Waals surface area contributed by atoms with E-state index in [1.54, 1.807) is 31.4 Å². The second kappa shape index (κ2) is 7.13. The number of oxazole rings is 1. The van der Waals surface area contributed by atoms with Crippen molar-refractivity contribution in [1.29, 1.82) is 0 Å². The molecule has 0 bridgehead atoms. The number of furan rings is 1. The van der Waals surface area contributed by atoms with Crippen molar-refractivity contribution in [3.8, 4) is 0 Å². The predicted molar refractivity (Wildman–Crippen MR) is 96.3 cm³/mol. The topological polar surface area (TPSA) is 68.7 Å². The van der Waals surface area contributed by atoms with Crippen LogP contribution in [0.5, 0.6) is 0 Å². The third-order valence-electron chi connectivity index (χ3n) is 4.66. The first-order valence-electron chi connectivity index (χ1n) is 8.57. The number of aromatic nitrogens is 1. The number of rotatable bonds is 4. The van der Waals surface area contributed by atoms with Crippen LogP contribution in [-0.2, 0) is 11.3 Å². The molecule has 0 aliphatic carbocycles. The average molecular weight is 375 g/mol. The molecule has 0 spiro atoms. The van der Waals surface area contributed by atoms with Crippen LogP contribution >= 0.6 is 11.6 Å². The van der Waals surface area contributed by atoms with Gasteiger partial charge >= 0.3 is 0 Å². The Morgan fingerprint density at radius 3 is 2.85 bits per heavy atom. The van der Waals surface area contributed by atoms with Crippen molar-refractivity contribution >= 4 is 28.6 Å². The van der Waals surface area contributed by atoms with E-state index in [0.29, 0.717) is 36.2 Å². The highest BCUT2D eigenvalue weighted by atomic mass is 35.5. The highest BCUT2D eigenvalue weighted by Gasteiger charge is 2.28. The number of piperidine rings is 1. The number of ether oxygens (including phenoxy) is 1. The quantitative estimate of drug-likeness (QED) is 0.683. The highest BCUT2D eigenvalue weighted by molar-refractivity contribution is 6.31. The minimum Gasteiger partial charge on any atom is -0.453 e. The maximum Gasteiger partial charge on any atom is 0.289 e. The van der Waals surface area contributed by atoms with E-state index >= 15 is 0 Å². The minimum absolute atomic E-state index is 0.0878. The van der Waals surface area contributed by atoms with Gasteiger partial charge in [-0.3, -0.25) is 4.79 Å². The van der Waals surface area contributed by atoms with E-state index in [-0.39, 0.29) is 11.8 Å². The van der Waals surface area contributed by atoms with Gasteiger partial charge in [0, 0.05) is 31.1 Å². The van der Waals surface area contributed by atoms with Gasteiger partial charge < -0.3 is 18.5 Å². The zero-order valence-electron chi connectivity index (χ0n) is 14.4. The Bertz CT molecular complexity index is 925. The second-order valence-corrected chi connectivity index (χ2v) is 6.87. The number of fused-ring (bicyclic) bond motifs is 1. The molecule has 1 fully saturated rings. The zero-order chi connectivity index (χ0) is 18.1. The summed E-state index contributed by atoms with van der Waals surface area (Å²) < 4.78 is 16.4. The summed E-state index contributed by atoms with van der Waals surface area (Å²) in [6.07, 6.45) is 1.61. The summed E-state index contributed by atoms with van der Waals surface area (Å²) in [6, 6.07) is 8.90. The van der Waals surface area contributed by atoms with Crippen LogP contribution in [0.15, 0.2) is 39.2 Å². The molecule has 136 valence electrons. The number of halogens is 1. The molecular formula is C19H19ClN2O4. The molecule has 0 atom stereocenters. The van der Waals surface area contributed by atoms with E-state index < -0.39 is 0 Å². The Morgan fingerprint density at radius 2 is 2.08 bits per heavy atom. The van der Waals surface area contributed by atoms with Crippen molar-refractivity contribution < 1.29 is 18.4 Å². The Morgan fingerprint density at radius 1 is 1.27 bits per heavy atom. The van der Waals surface area contributed by atoms with E-state index in [9.17, 15) is 4.79 Å². The summed E-state index contributed by atoms with van der Waals surface area (Å²) in [7, 11) is 1.59. The lowest BCUT2D eigenvalue weighted by Gasteiger charge is -2.29. The zero-order valence-corrected chi connectivity index (χ0v) is 15.2. The number of nitrogens with zero attached hydrogens (tertiary/aromatic N) is 2.